The molecule has 116 valence electrons. The maximum atomic E-state index is 12.4. The molecule has 2 amide bonds. The van der Waals surface area contributed by atoms with E-state index in [1.54, 1.807) is 6.20 Å². The third kappa shape index (κ3) is 4.28. The van der Waals surface area contributed by atoms with Crippen molar-refractivity contribution in [3.8, 4) is 0 Å². The summed E-state index contributed by atoms with van der Waals surface area (Å²) >= 11 is 3.33. The molecule has 6 nitrogen and oxygen atoms in total. The Morgan fingerprint density at radius 2 is 2.05 bits per heavy atom. The van der Waals surface area contributed by atoms with Gasteiger partial charge in [0, 0.05) is 16.9 Å². The maximum absolute atomic E-state index is 12.4. The molecular weight excluding hydrogens is 382 g/mol. The first-order chi connectivity index (χ1) is 10.5. The van der Waals surface area contributed by atoms with Gasteiger partial charge in [-0.25, -0.2) is 4.98 Å². The first-order valence-corrected chi connectivity index (χ1v) is 7.49. The Bertz CT molecular complexity index is 695. The lowest BCUT2D eigenvalue weighted by atomic mass is 10.3. The summed E-state index contributed by atoms with van der Waals surface area (Å²) in [6.45, 7) is 0. The van der Waals surface area contributed by atoms with E-state index in [9.17, 15) is 18.4 Å². The molecule has 2 heterocycles. The Kier molecular flexibility index (Phi) is 5.50. The number of rotatable bonds is 4. The second-order valence-electron chi connectivity index (χ2n) is 3.87. The van der Waals surface area contributed by atoms with Gasteiger partial charge in [0.1, 0.15) is 10.7 Å². The van der Waals surface area contributed by atoms with Crippen molar-refractivity contribution in [1.82, 2.24) is 20.8 Å². The molecule has 0 fully saturated rings. The molecule has 0 atom stereocenters. The van der Waals surface area contributed by atoms with Crippen LogP contribution in [0.5, 0.6) is 0 Å². The SMILES string of the molecule is O=C(NNC(=O)c1cccnc1SC(F)F)c1cc(Br)c[nH]1. The van der Waals surface area contributed by atoms with E-state index in [2.05, 4.69) is 36.7 Å². The lowest BCUT2D eigenvalue weighted by Gasteiger charge is -2.09. The lowest BCUT2D eigenvalue weighted by Crippen LogP contribution is -2.42. The molecule has 0 aliphatic rings. The average Bonchev–Trinajstić information content (AvgIpc) is 2.91. The Hall–Kier alpha value is -1.94. The summed E-state index contributed by atoms with van der Waals surface area (Å²) in [4.78, 5) is 30.1. The molecule has 0 spiro atoms. The number of hydrogen-bond donors (Lipinski definition) is 3. The molecule has 2 aromatic heterocycles. The smallest absolute Gasteiger partial charge is 0.290 e. The number of aromatic nitrogens is 2. The monoisotopic (exact) mass is 390 g/mol. The van der Waals surface area contributed by atoms with Crippen LogP contribution in [0.15, 0.2) is 40.1 Å². The topological polar surface area (TPSA) is 86.9 Å². The van der Waals surface area contributed by atoms with E-state index in [1.165, 1.54) is 24.4 Å². The second kappa shape index (κ2) is 7.36. The van der Waals surface area contributed by atoms with E-state index in [0.29, 0.717) is 4.47 Å². The minimum atomic E-state index is -2.70. The molecule has 22 heavy (non-hydrogen) atoms. The van der Waals surface area contributed by atoms with Crippen molar-refractivity contribution in [2.45, 2.75) is 10.8 Å². The van der Waals surface area contributed by atoms with Crippen LogP contribution in [0.1, 0.15) is 20.8 Å². The van der Waals surface area contributed by atoms with Crippen LogP contribution >= 0.6 is 27.7 Å². The summed E-state index contributed by atoms with van der Waals surface area (Å²) in [6.07, 6.45) is 2.85. The Labute approximate surface area is 136 Å². The molecule has 0 saturated carbocycles. The first kappa shape index (κ1) is 16.4. The number of pyridine rings is 1. The molecule has 0 aliphatic carbocycles. The highest BCUT2D eigenvalue weighted by molar-refractivity contribution is 9.10. The van der Waals surface area contributed by atoms with Crippen molar-refractivity contribution in [2.24, 2.45) is 0 Å². The number of hydrazine groups is 1. The Balaban J connectivity index is 2.02. The summed E-state index contributed by atoms with van der Waals surface area (Å²) in [5.74, 6) is -4.02. The minimum Gasteiger partial charge on any atom is -0.356 e. The van der Waals surface area contributed by atoms with Crippen LogP contribution in [0, 0.1) is 0 Å². The lowest BCUT2D eigenvalue weighted by molar-refractivity contribution is 0.0842. The molecule has 0 saturated heterocycles. The van der Waals surface area contributed by atoms with E-state index in [0.717, 1.165) is 0 Å². The number of H-pyrrole nitrogens is 1. The number of nitrogens with zero attached hydrogens (tertiary/aromatic N) is 1. The van der Waals surface area contributed by atoms with Crippen molar-refractivity contribution in [1.29, 1.82) is 0 Å². The van der Waals surface area contributed by atoms with E-state index < -0.39 is 17.6 Å². The molecular formula is C12H9BrF2N4O2S. The number of alkyl halides is 2. The average molecular weight is 391 g/mol. The molecule has 0 radical (unpaired) electrons. The van der Waals surface area contributed by atoms with Crippen LogP contribution in [0.3, 0.4) is 0 Å². The molecule has 0 unspecified atom stereocenters. The molecule has 0 aromatic carbocycles. The molecule has 10 heteroatoms. The molecule has 0 bridgehead atoms. The molecule has 2 rings (SSSR count). The van der Waals surface area contributed by atoms with Gasteiger partial charge in [0.05, 0.1) is 5.56 Å². The number of carbonyl (C=O) groups is 2. The Morgan fingerprint density at radius 3 is 2.68 bits per heavy atom. The van der Waals surface area contributed by atoms with E-state index in [1.807, 2.05) is 0 Å². The summed E-state index contributed by atoms with van der Waals surface area (Å²) < 4.78 is 25.5. The number of hydrogen-bond acceptors (Lipinski definition) is 4. The van der Waals surface area contributed by atoms with Gasteiger partial charge in [0.2, 0.25) is 0 Å². The Morgan fingerprint density at radius 1 is 1.32 bits per heavy atom. The van der Waals surface area contributed by atoms with Crippen molar-refractivity contribution in [3.05, 3.63) is 46.3 Å². The zero-order valence-corrected chi connectivity index (χ0v) is 13.2. The second-order valence-corrected chi connectivity index (χ2v) is 5.77. The van der Waals surface area contributed by atoms with Crippen LogP contribution in [0.2, 0.25) is 0 Å². The van der Waals surface area contributed by atoms with Crippen molar-refractivity contribution in [2.75, 3.05) is 0 Å². The van der Waals surface area contributed by atoms with Crippen LogP contribution < -0.4 is 10.9 Å². The van der Waals surface area contributed by atoms with Crippen LogP contribution in [-0.2, 0) is 0 Å². The van der Waals surface area contributed by atoms with E-state index in [-0.39, 0.29) is 28.0 Å². The summed E-state index contributed by atoms with van der Waals surface area (Å²) in [5, 5.41) is -0.119. The fourth-order valence-corrected chi connectivity index (χ4v) is 2.41. The number of aromatic amines is 1. The van der Waals surface area contributed by atoms with Crippen molar-refractivity contribution < 1.29 is 18.4 Å². The van der Waals surface area contributed by atoms with Gasteiger partial charge < -0.3 is 4.98 Å². The van der Waals surface area contributed by atoms with Gasteiger partial charge in [-0.15, -0.1) is 0 Å². The van der Waals surface area contributed by atoms with E-state index in [4.69, 9.17) is 0 Å². The van der Waals surface area contributed by atoms with Crippen molar-refractivity contribution >= 4 is 39.5 Å². The number of carbonyl (C=O) groups excluding carboxylic acids is 2. The number of halogens is 3. The largest absolute Gasteiger partial charge is 0.356 e. The highest BCUT2D eigenvalue weighted by Gasteiger charge is 2.17. The van der Waals surface area contributed by atoms with Gasteiger partial charge in [-0.1, -0.05) is 0 Å². The zero-order valence-electron chi connectivity index (χ0n) is 10.8. The van der Waals surface area contributed by atoms with Crippen LogP contribution in [-0.4, -0.2) is 27.5 Å². The predicted molar refractivity (Wildman–Crippen MR) is 79.5 cm³/mol. The standard InChI is InChI=1S/C12H9BrF2N4O2S/c13-6-4-8(17-5-6)10(21)19-18-9(20)7-2-1-3-16-11(7)22-12(14)15/h1-5,12,17H,(H,18,20)(H,19,21). The number of nitrogens with one attached hydrogen (secondary N) is 3. The fourth-order valence-electron chi connectivity index (χ4n) is 1.49. The molecule has 2 aromatic rings. The van der Waals surface area contributed by atoms with Crippen LogP contribution in [0.25, 0.3) is 0 Å². The summed E-state index contributed by atoms with van der Waals surface area (Å²) in [7, 11) is 0. The number of amides is 2. The quantitative estimate of drug-likeness (QED) is 0.553. The fraction of sp³-hybridized carbons (Fsp3) is 0.0833. The van der Waals surface area contributed by atoms with Crippen molar-refractivity contribution in [3.63, 3.8) is 0 Å². The van der Waals surface area contributed by atoms with Gasteiger partial charge >= 0.3 is 0 Å². The van der Waals surface area contributed by atoms with E-state index >= 15 is 0 Å². The molecule has 3 N–H and O–H groups in total. The third-order valence-corrected chi connectivity index (χ3v) is 3.58. The van der Waals surface area contributed by atoms with Gasteiger partial charge in [-0.2, -0.15) is 8.78 Å². The predicted octanol–water partition coefficient (Wildman–Crippen LogP) is 2.56. The highest BCUT2D eigenvalue weighted by atomic mass is 79.9. The summed E-state index contributed by atoms with van der Waals surface area (Å²) in [5.41, 5.74) is 4.49. The molecule has 0 aliphatic heterocycles. The van der Waals surface area contributed by atoms with Gasteiger partial charge in [0.25, 0.3) is 17.6 Å². The third-order valence-electron chi connectivity index (χ3n) is 2.40. The van der Waals surface area contributed by atoms with Crippen LogP contribution in [0.4, 0.5) is 8.78 Å². The number of thioether (sulfide) groups is 1. The zero-order chi connectivity index (χ0) is 16.1. The van der Waals surface area contributed by atoms with Gasteiger partial charge in [-0.05, 0) is 45.9 Å². The normalized spacial score (nSPS) is 10.5. The maximum Gasteiger partial charge on any atom is 0.290 e. The summed E-state index contributed by atoms with van der Waals surface area (Å²) in [6, 6.07) is 4.29. The minimum absolute atomic E-state index is 0.0548. The van der Waals surface area contributed by atoms with Gasteiger partial charge in [-0.3, -0.25) is 20.4 Å². The highest BCUT2D eigenvalue weighted by Crippen LogP contribution is 2.26. The van der Waals surface area contributed by atoms with Gasteiger partial charge in [0.15, 0.2) is 0 Å². The first-order valence-electron chi connectivity index (χ1n) is 5.82.